The number of hydrazone groups is 1. The Balaban J connectivity index is 1.87. The number of nitrogens with one attached hydrogen (secondary N) is 1. The zero-order valence-electron chi connectivity index (χ0n) is 20.6. The minimum Gasteiger partial charge on any atom is -0.497 e. The van der Waals surface area contributed by atoms with E-state index < -0.39 is 22.5 Å². The van der Waals surface area contributed by atoms with E-state index in [0.29, 0.717) is 11.5 Å². The molecule has 0 unspecified atom stereocenters. The number of hydrogen-bond donors (Lipinski definition) is 1. The second-order valence-electron chi connectivity index (χ2n) is 7.61. The number of sulfonamides is 1. The first kappa shape index (κ1) is 26.6. The van der Waals surface area contributed by atoms with E-state index in [1.807, 2.05) is 24.3 Å². The van der Waals surface area contributed by atoms with Crippen LogP contribution in [0.3, 0.4) is 0 Å². The first-order chi connectivity index (χ1) is 17.3. The van der Waals surface area contributed by atoms with Crippen molar-refractivity contribution in [3.05, 3.63) is 77.9 Å². The van der Waals surface area contributed by atoms with Crippen LogP contribution >= 0.6 is 0 Å². The molecule has 3 aromatic carbocycles. The van der Waals surface area contributed by atoms with E-state index in [0.717, 1.165) is 16.3 Å². The van der Waals surface area contributed by atoms with E-state index in [9.17, 15) is 13.2 Å². The molecule has 0 fully saturated rings. The molecule has 9 nitrogen and oxygen atoms in total. The lowest BCUT2D eigenvalue weighted by Gasteiger charge is -2.24. The molecule has 0 aromatic heterocycles. The van der Waals surface area contributed by atoms with Crippen molar-refractivity contribution < 1.29 is 27.4 Å². The van der Waals surface area contributed by atoms with Gasteiger partial charge >= 0.3 is 0 Å². The van der Waals surface area contributed by atoms with Crippen molar-refractivity contribution >= 4 is 27.8 Å². The zero-order valence-corrected chi connectivity index (χ0v) is 21.4. The molecule has 1 amide bonds. The number of benzene rings is 3. The van der Waals surface area contributed by atoms with Gasteiger partial charge in [0.2, 0.25) is 0 Å². The lowest BCUT2D eigenvalue weighted by Crippen LogP contribution is -2.39. The highest BCUT2D eigenvalue weighted by Gasteiger charge is 2.28. The van der Waals surface area contributed by atoms with Gasteiger partial charge in [0, 0.05) is 6.07 Å². The lowest BCUT2D eigenvalue weighted by molar-refractivity contribution is -0.119. The van der Waals surface area contributed by atoms with Crippen LogP contribution in [0.2, 0.25) is 0 Å². The van der Waals surface area contributed by atoms with Crippen LogP contribution in [0.5, 0.6) is 17.2 Å². The number of carbonyl (C=O) groups is 1. The smallest absolute Gasteiger partial charge is 0.264 e. The molecule has 1 N–H and O–H groups in total. The number of amides is 1. The van der Waals surface area contributed by atoms with Crippen molar-refractivity contribution in [1.29, 1.82) is 0 Å². The van der Waals surface area contributed by atoms with Crippen LogP contribution in [0.15, 0.2) is 76.7 Å². The molecule has 10 heteroatoms. The van der Waals surface area contributed by atoms with Gasteiger partial charge in [-0.15, -0.1) is 0 Å². The minimum atomic E-state index is -4.17. The van der Waals surface area contributed by atoms with Crippen molar-refractivity contribution in [2.75, 3.05) is 32.2 Å². The fourth-order valence-electron chi connectivity index (χ4n) is 3.35. The molecule has 36 heavy (non-hydrogen) atoms. The number of ether oxygens (including phenoxy) is 3. The first-order valence-corrected chi connectivity index (χ1v) is 12.6. The Morgan fingerprint density at radius 2 is 1.58 bits per heavy atom. The van der Waals surface area contributed by atoms with Gasteiger partial charge in [0.15, 0.2) is 11.5 Å². The standard InChI is InChI=1S/C26H29N3O6S/c1-5-19-6-8-20(9-7-19)17-27-28-26(30)18-29(21-10-12-22(33-2)13-11-21)36(31,32)23-14-15-24(34-3)25(16-23)35-4/h6-17H,5,18H2,1-4H3,(H,28,30)/b27-17-. The molecule has 0 radical (unpaired) electrons. The van der Waals surface area contributed by atoms with E-state index in [-0.39, 0.29) is 16.3 Å². The molecule has 0 saturated heterocycles. The largest absolute Gasteiger partial charge is 0.497 e. The molecule has 0 atom stereocenters. The average molecular weight is 512 g/mol. The third-order valence-corrected chi connectivity index (χ3v) is 7.15. The molecule has 0 aliphatic carbocycles. The summed E-state index contributed by atoms with van der Waals surface area (Å²) in [5.41, 5.74) is 4.67. The molecule has 0 heterocycles. The molecule has 0 bridgehead atoms. The van der Waals surface area contributed by atoms with Gasteiger partial charge in [-0.1, -0.05) is 31.2 Å². The third kappa shape index (κ3) is 6.33. The highest BCUT2D eigenvalue weighted by Crippen LogP contribution is 2.32. The monoisotopic (exact) mass is 511 g/mol. The fourth-order valence-corrected chi connectivity index (χ4v) is 4.79. The van der Waals surface area contributed by atoms with Crippen LogP contribution in [0, 0.1) is 0 Å². The van der Waals surface area contributed by atoms with Gasteiger partial charge in [0.1, 0.15) is 12.3 Å². The molecule has 3 rings (SSSR count). The van der Waals surface area contributed by atoms with Crippen LogP contribution in [0.25, 0.3) is 0 Å². The summed E-state index contributed by atoms with van der Waals surface area (Å²) in [6.45, 7) is 1.56. The highest BCUT2D eigenvalue weighted by atomic mass is 32.2. The number of methoxy groups -OCH3 is 3. The second kappa shape index (κ2) is 12.1. The van der Waals surface area contributed by atoms with Crippen molar-refractivity contribution in [1.82, 2.24) is 5.43 Å². The maximum absolute atomic E-state index is 13.6. The second-order valence-corrected chi connectivity index (χ2v) is 9.48. The summed E-state index contributed by atoms with van der Waals surface area (Å²) in [6.07, 6.45) is 2.42. The normalized spacial score (nSPS) is 11.2. The average Bonchev–Trinajstić information content (AvgIpc) is 2.91. The number of hydrogen-bond acceptors (Lipinski definition) is 7. The maximum atomic E-state index is 13.6. The zero-order chi connectivity index (χ0) is 26.1. The SMILES string of the molecule is CCc1ccc(/C=N\NC(=O)CN(c2ccc(OC)cc2)S(=O)(=O)c2ccc(OC)c(OC)c2)cc1. The number of carbonyl (C=O) groups excluding carboxylic acids is 1. The molecule has 0 aliphatic rings. The van der Waals surface area contributed by atoms with E-state index >= 15 is 0 Å². The molecular weight excluding hydrogens is 482 g/mol. The summed E-state index contributed by atoms with van der Waals surface area (Å²) in [4.78, 5) is 12.7. The van der Waals surface area contributed by atoms with Crippen LogP contribution in [-0.4, -0.2) is 48.4 Å². The first-order valence-electron chi connectivity index (χ1n) is 11.1. The Morgan fingerprint density at radius 1 is 0.917 bits per heavy atom. The predicted molar refractivity (Wildman–Crippen MR) is 139 cm³/mol. The molecule has 3 aromatic rings. The van der Waals surface area contributed by atoms with E-state index in [2.05, 4.69) is 17.5 Å². The summed E-state index contributed by atoms with van der Waals surface area (Å²) < 4.78 is 43.9. The Hall–Kier alpha value is -4.05. The molecule has 0 aliphatic heterocycles. The fraction of sp³-hybridized carbons (Fsp3) is 0.231. The topological polar surface area (TPSA) is 107 Å². The van der Waals surface area contributed by atoms with E-state index in [1.54, 1.807) is 24.3 Å². The number of nitrogens with zero attached hydrogens (tertiary/aromatic N) is 2. The van der Waals surface area contributed by atoms with Crippen LogP contribution in [-0.2, 0) is 21.2 Å². The highest BCUT2D eigenvalue weighted by molar-refractivity contribution is 7.92. The van der Waals surface area contributed by atoms with Gasteiger partial charge in [-0.05, 0) is 53.9 Å². The van der Waals surface area contributed by atoms with Crippen molar-refractivity contribution in [2.24, 2.45) is 5.10 Å². The Morgan fingerprint density at radius 3 is 2.17 bits per heavy atom. The van der Waals surface area contributed by atoms with Gasteiger partial charge < -0.3 is 14.2 Å². The van der Waals surface area contributed by atoms with Gasteiger partial charge in [0.05, 0.1) is 38.1 Å². The van der Waals surface area contributed by atoms with Crippen molar-refractivity contribution in [3.63, 3.8) is 0 Å². The molecular formula is C26H29N3O6S. The van der Waals surface area contributed by atoms with Gasteiger partial charge in [-0.25, -0.2) is 13.8 Å². The lowest BCUT2D eigenvalue weighted by atomic mass is 10.1. The van der Waals surface area contributed by atoms with E-state index in [1.165, 1.54) is 51.3 Å². The molecule has 0 spiro atoms. The molecule has 190 valence electrons. The van der Waals surface area contributed by atoms with Crippen molar-refractivity contribution in [2.45, 2.75) is 18.2 Å². The number of aryl methyl sites for hydroxylation is 1. The van der Waals surface area contributed by atoms with Crippen LogP contribution in [0.1, 0.15) is 18.1 Å². The van der Waals surface area contributed by atoms with Crippen molar-refractivity contribution in [3.8, 4) is 17.2 Å². The predicted octanol–water partition coefficient (Wildman–Crippen LogP) is 3.62. The Kier molecular flexibility index (Phi) is 8.91. The van der Waals surface area contributed by atoms with Crippen LogP contribution < -0.4 is 23.9 Å². The molecule has 0 saturated carbocycles. The quantitative estimate of drug-likeness (QED) is 0.311. The minimum absolute atomic E-state index is 0.0664. The number of rotatable bonds is 11. The van der Waals surface area contributed by atoms with Gasteiger partial charge in [0.25, 0.3) is 15.9 Å². The van der Waals surface area contributed by atoms with Gasteiger partial charge in [-0.3, -0.25) is 9.10 Å². The van der Waals surface area contributed by atoms with Crippen LogP contribution in [0.4, 0.5) is 5.69 Å². The number of anilines is 1. The van der Waals surface area contributed by atoms with E-state index in [4.69, 9.17) is 14.2 Å². The Bertz CT molecular complexity index is 1310. The Labute approximate surface area is 211 Å². The summed E-state index contributed by atoms with van der Waals surface area (Å²) in [7, 11) is 0.212. The maximum Gasteiger partial charge on any atom is 0.264 e. The third-order valence-electron chi connectivity index (χ3n) is 5.38. The summed E-state index contributed by atoms with van der Waals surface area (Å²) >= 11 is 0. The van der Waals surface area contributed by atoms with Gasteiger partial charge in [-0.2, -0.15) is 5.10 Å². The summed E-state index contributed by atoms with van der Waals surface area (Å²) in [5, 5.41) is 3.97. The summed E-state index contributed by atoms with van der Waals surface area (Å²) in [5.74, 6) is 0.560. The summed E-state index contributed by atoms with van der Waals surface area (Å²) in [6, 6.07) is 18.3.